The fourth-order valence-corrected chi connectivity index (χ4v) is 3.55. The van der Waals surface area contributed by atoms with Crippen LogP contribution in [0.3, 0.4) is 0 Å². The van der Waals surface area contributed by atoms with Crippen LogP contribution in [0.2, 0.25) is 0 Å². The molecule has 2 aliphatic rings. The minimum absolute atomic E-state index is 0.0744. The molecule has 3 unspecified atom stereocenters. The number of pyridine rings is 1. The largest absolute Gasteiger partial charge is 0.338 e. The Morgan fingerprint density at radius 1 is 1.39 bits per heavy atom. The SMILES string of the molecule is NC1CCC2CN(C(=O)c3cncc(Br)c3)CC12. The Balaban J connectivity index is 1.75. The van der Waals surface area contributed by atoms with E-state index in [2.05, 4.69) is 20.9 Å². The quantitative estimate of drug-likeness (QED) is 0.858. The number of carbonyl (C=O) groups excluding carboxylic acids is 1. The highest BCUT2D eigenvalue weighted by Crippen LogP contribution is 2.37. The minimum atomic E-state index is 0.0744. The van der Waals surface area contributed by atoms with Crippen LogP contribution in [-0.2, 0) is 0 Å². The average Bonchev–Trinajstić information content (AvgIpc) is 2.91. The molecule has 1 aliphatic heterocycles. The Bertz CT molecular complexity index is 479. The third-order valence-electron chi connectivity index (χ3n) is 4.15. The van der Waals surface area contributed by atoms with Crippen molar-refractivity contribution in [3.05, 3.63) is 28.5 Å². The predicted molar refractivity (Wildman–Crippen MR) is 72.0 cm³/mol. The van der Waals surface area contributed by atoms with E-state index in [0.29, 0.717) is 17.4 Å². The van der Waals surface area contributed by atoms with Crippen molar-refractivity contribution in [1.82, 2.24) is 9.88 Å². The highest BCUT2D eigenvalue weighted by molar-refractivity contribution is 9.10. The maximum atomic E-state index is 12.4. The fraction of sp³-hybridized carbons (Fsp3) is 0.538. The van der Waals surface area contributed by atoms with Gasteiger partial charge in [0.15, 0.2) is 0 Å². The second-order valence-electron chi connectivity index (χ2n) is 5.27. The lowest BCUT2D eigenvalue weighted by Gasteiger charge is -2.18. The first-order valence-electron chi connectivity index (χ1n) is 6.30. The molecule has 1 saturated carbocycles. The number of nitrogens with two attached hydrogens (primary N) is 1. The topological polar surface area (TPSA) is 59.2 Å². The molecule has 3 atom stereocenters. The van der Waals surface area contributed by atoms with Crippen LogP contribution in [-0.4, -0.2) is 34.9 Å². The van der Waals surface area contributed by atoms with Gasteiger partial charge in [-0.2, -0.15) is 0 Å². The lowest BCUT2D eigenvalue weighted by Crippen LogP contribution is -2.33. The summed E-state index contributed by atoms with van der Waals surface area (Å²) in [7, 11) is 0. The number of nitrogens with zero attached hydrogens (tertiary/aromatic N) is 2. The lowest BCUT2D eigenvalue weighted by atomic mass is 9.98. The second-order valence-corrected chi connectivity index (χ2v) is 6.18. The van der Waals surface area contributed by atoms with E-state index in [-0.39, 0.29) is 11.9 Å². The maximum absolute atomic E-state index is 12.4. The molecule has 0 bridgehead atoms. The van der Waals surface area contributed by atoms with E-state index in [4.69, 9.17) is 5.73 Å². The van der Waals surface area contributed by atoms with E-state index in [1.807, 2.05) is 11.0 Å². The molecule has 0 aromatic carbocycles. The van der Waals surface area contributed by atoms with Gasteiger partial charge in [0.05, 0.1) is 5.56 Å². The Hall–Kier alpha value is -0.940. The van der Waals surface area contributed by atoms with Gasteiger partial charge in [-0.25, -0.2) is 0 Å². The zero-order valence-electron chi connectivity index (χ0n) is 10.1. The third-order valence-corrected chi connectivity index (χ3v) is 4.59. The monoisotopic (exact) mass is 309 g/mol. The van der Waals surface area contributed by atoms with E-state index < -0.39 is 0 Å². The molecule has 4 nitrogen and oxygen atoms in total. The van der Waals surface area contributed by atoms with Crippen molar-refractivity contribution in [2.24, 2.45) is 17.6 Å². The third kappa shape index (κ3) is 2.06. The van der Waals surface area contributed by atoms with Gasteiger partial charge < -0.3 is 10.6 Å². The zero-order valence-corrected chi connectivity index (χ0v) is 11.6. The summed E-state index contributed by atoms with van der Waals surface area (Å²) >= 11 is 3.34. The molecule has 2 heterocycles. The van der Waals surface area contributed by atoms with Crippen molar-refractivity contribution in [3.63, 3.8) is 0 Å². The van der Waals surface area contributed by atoms with Gasteiger partial charge in [0.1, 0.15) is 0 Å². The molecule has 5 heteroatoms. The van der Waals surface area contributed by atoms with Crippen LogP contribution in [0.25, 0.3) is 0 Å². The smallest absolute Gasteiger partial charge is 0.255 e. The van der Waals surface area contributed by atoms with Gasteiger partial charge in [0.25, 0.3) is 5.91 Å². The van der Waals surface area contributed by atoms with Crippen molar-refractivity contribution in [3.8, 4) is 0 Å². The number of hydrogen-bond acceptors (Lipinski definition) is 3. The Morgan fingerprint density at radius 2 is 2.22 bits per heavy atom. The molecule has 96 valence electrons. The Morgan fingerprint density at radius 3 is 2.94 bits per heavy atom. The first-order chi connectivity index (χ1) is 8.65. The number of halogens is 1. The van der Waals surface area contributed by atoms with Gasteiger partial charge in [0.2, 0.25) is 0 Å². The lowest BCUT2D eigenvalue weighted by molar-refractivity contribution is 0.0779. The molecular formula is C13H16BrN3O. The molecule has 3 rings (SSSR count). The van der Waals surface area contributed by atoms with Gasteiger partial charge >= 0.3 is 0 Å². The summed E-state index contributed by atoms with van der Waals surface area (Å²) in [5.41, 5.74) is 6.74. The summed E-state index contributed by atoms with van der Waals surface area (Å²) in [4.78, 5) is 18.3. The summed E-state index contributed by atoms with van der Waals surface area (Å²) in [6.45, 7) is 1.65. The van der Waals surface area contributed by atoms with Crippen LogP contribution in [0.1, 0.15) is 23.2 Å². The molecule has 1 aliphatic carbocycles. The fourth-order valence-electron chi connectivity index (χ4n) is 3.18. The molecule has 1 aromatic rings. The molecule has 18 heavy (non-hydrogen) atoms. The molecule has 1 aromatic heterocycles. The molecule has 2 fully saturated rings. The van der Waals surface area contributed by atoms with Crippen molar-refractivity contribution >= 4 is 21.8 Å². The summed E-state index contributed by atoms with van der Waals surface area (Å²) in [5.74, 6) is 1.17. The van der Waals surface area contributed by atoms with Gasteiger partial charge in [-0.1, -0.05) is 0 Å². The summed E-state index contributed by atoms with van der Waals surface area (Å²) in [6.07, 6.45) is 5.58. The first kappa shape index (κ1) is 12.1. The van der Waals surface area contributed by atoms with Gasteiger partial charge in [-0.15, -0.1) is 0 Å². The van der Waals surface area contributed by atoms with Crippen LogP contribution in [0, 0.1) is 11.8 Å². The van der Waals surface area contributed by atoms with Gasteiger partial charge in [-0.05, 0) is 46.7 Å². The molecule has 0 spiro atoms. The predicted octanol–water partition coefficient (Wildman–Crippen LogP) is 1.65. The first-order valence-corrected chi connectivity index (χ1v) is 7.10. The van der Waals surface area contributed by atoms with Crippen LogP contribution in [0.5, 0.6) is 0 Å². The van der Waals surface area contributed by atoms with Crippen molar-refractivity contribution in [2.75, 3.05) is 13.1 Å². The zero-order chi connectivity index (χ0) is 12.7. The number of aromatic nitrogens is 1. The maximum Gasteiger partial charge on any atom is 0.255 e. The number of likely N-dealkylation sites (tertiary alicyclic amines) is 1. The minimum Gasteiger partial charge on any atom is -0.338 e. The Labute approximate surface area is 115 Å². The highest BCUT2D eigenvalue weighted by atomic mass is 79.9. The summed E-state index contributed by atoms with van der Waals surface area (Å²) in [6, 6.07) is 2.09. The number of carbonyl (C=O) groups is 1. The molecular weight excluding hydrogens is 294 g/mol. The van der Waals surface area contributed by atoms with E-state index in [0.717, 1.165) is 30.4 Å². The number of amides is 1. The summed E-state index contributed by atoms with van der Waals surface area (Å²) < 4.78 is 0.837. The van der Waals surface area contributed by atoms with E-state index in [1.165, 1.54) is 0 Å². The van der Waals surface area contributed by atoms with Crippen molar-refractivity contribution in [2.45, 2.75) is 18.9 Å². The van der Waals surface area contributed by atoms with E-state index >= 15 is 0 Å². The average molecular weight is 310 g/mol. The molecule has 1 amide bonds. The second kappa shape index (κ2) is 4.63. The normalized spacial score (nSPS) is 30.6. The standard InChI is InChI=1S/C13H16BrN3O/c14-10-3-9(4-16-5-10)13(18)17-6-8-1-2-12(15)11(8)7-17/h3-5,8,11-12H,1-2,6-7,15H2. The van der Waals surface area contributed by atoms with E-state index in [1.54, 1.807) is 12.4 Å². The number of rotatable bonds is 1. The van der Waals surface area contributed by atoms with Gasteiger partial charge in [0, 0.05) is 36.0 Å². The van der Waals surface area contributed by atoms with Crippen LogP contribution >= 0.6 is 15.9 Å². The Kier molecular flexibility index (Phi) is 3.11. The van der Waals surface area contributed by atoms with Gasteiger partial charge in [-0.3, -0.25) is 9.78 Å². The van der Waals surface area contributed by atoms with Crippen LogP contribution in [0.15, 0.2) is 22.9 Å². The van der Waals surface area contributed by atoms with Crippen molar-refractivity contribution < 1.29 is 4.79 Å². The molecule has 1 saturated heterocycles. The van der Waals surface area contributed by atoms with Crippen LogP contribution < -0.4 is 5.73 Å². The van der Waals surface area contributed by atoms with Crippen LogP contribution in [0.4, 0.5) is 0 Å². The highest BCUT2D eigenvalue weighted by Gasteiger charge is 2.42. The van der Waals surface area contributed by atoms with Crippen molar-refractivity contribution in [1.29, 1.82) is 0 Å². The number of hydrogen-bond donors (Lipinski definition) is 1. The summed E-state index contributed by atoms with van der Waals surface area (Å²) in [5, 5.41) is 0. The van der Waals surface area contributed by atoms with E-state index in [9.17, 15) is 4.79 Å². The molecule has 2 N–H and O–H groups in total. The molecule has 0 radical (unpaired) electrons. The number of fused-ring (bicyclic) bond motifs is 1.